The van der Waals surface area contributed by atoms with Gasteiger partial charge in [-0.05, 0) is 37.3 Å². The molecule has 0 radical (unpaired) electrons. The summed E-state index contributed by atoms with van der Waals surface area (Å²) in [4.78, 5) is 17.9. The van der Waals surface area contributed by atoms with Gasteiger partial charge < -0.3 is 19.1 Å². The first-order valence-electron chi connectivity index (χ1n) is 7.95. The number of hydrogen-bond acceptors (Lipinski definition) is 5. The Morgan fingerprint density at radius 2 is 1.83 bits per heavy atom. The zero-order valence-corrected chi connectivity index (χ0v) is 13.6. The number of nitrogens with zero attached hydrogens (tertiary/aromatic N) is 2. The number of rotatable bonds is 7. The molecule has 0 aliphatic carbocycles. The van der Waals surface area contributed by atoms with Gasteiger partial charge in [0.2, 0.25) is 5.88 Å². The van der Waals surface area contributed by atoms with Gasteiger partial charge in [0.15, 0.2) is 6.61 Å². The van der Waals surface area contributed by atoms with Crippen LogP contribution in [0.4, 0.5) is 0 Å². The van der Waals surface area contributed by atoms with E-state index in [-0.39, 0.29) is 18.6 Å². The summed E-state index contributed by atoms with van der Waals surface area (Å²) in [5.74, 6) is 1.96. The van der Waals surface area contributed by atoms with Crippen LogP contribution in [0.3, 0.4) is 0 Å². The molecule has 1 aromatic carbocycles. The number of carbonyl (C=O) groups is 1. The molecule has 0 spiro atoms. The number of aromatic nitrogens is 1. The van der Waals surface area contributed by atoms with Crippen LogP contribution < -0.4 is 14.2 Å². The summed E-state index contributed by atoms with van der Waals surface area (Å²) in [5.41, 5.74) is 0. The van der Waals surface area contributed by atoms with E-state index in [1.807, 2.05) is 31.2 Å². The Labute approximate surface area is 141 Å². The molecule has 0 unspecified atom stereocenters. The highest BCUT2D eigenvalue weighted by molar-refractivity contribution is 5.78. The number of amides is 1. The molecule has 1 aliphatic rings. The number of carbonyl (C=O) groups excluding carboxylic acids is 1. The summed E-state index contributed by atoms with van der Waals surface area (Å²) < 4.78 is 16.5. The fourth-order valence-corrected chi connectivity index (χ4v) is 2.34. The van der Waals surface area contributed by atoms with Gasteiger partial charge in [0.05, 0.1) is 19.7 Å². The highest BCUT2D eigenvalue weighted by atomic mass is 16.5. The Morgan fingerprint density at radius 3 is 2.46 bits per heavy atom. The molecule has 6 heteroatoms. The number of hydrogen-bond donors (Lipinski definition) is 0. The SMILES string of the molecule is CCOc1ccc(OCC(=O)N2CC(Oc3ccccn3)C2)cc1. The molecular weight excluding hydrogens is 308 g/mol. The minimum absolute atomic E-state index is 0.00525. The summed E-state index contributed by atoms with van der Waals surface area (Å²) in [5, 5.41) is 0. The highest BCUT2D eigenvalue weighted by Crippen LogP contribution is 2.19. The van der Waals surface area contributed by atoms with Crippen LogP contribution in [0.1, 0.15) is 6.92 Å². The molecule has 0 saturated carbocycles. The average Bonchev–Trinajstić information content (AvgIpc) is 2.58. The van der Waals surface area contributed by atoms with Gasteiger partial charge in [0.1, 0.15) is 17.6 Å². The molecular formula is C18H20N2O4. The molecule has 3 rings (SSSR count). The number of pyridine rings is 1. The van der Waals surface area contributed by atoms with Crippen LogP contribution in [0.25, 0.3) is 0 Å². The molecule has 2 heterocycles. The Bertz CT molecular complexity index is 654. The molecule has 1 aliphatic heterocycles. The van der Waals surface area contributed by atoms with Crippen molar-refractivity contribution < 1.29 is 19.0 Å². The first-order chi connectivity index (χ1) is 11.7. The van der Waals surface area contributed by atoms with E-state index in [9.17, 15) is 4.79 Å². The van der Waals surface area contributed by atoms with E-state index in [1.54, 1.807) is 29.3 Å². The third-order valence-electron chi connectivity index (χ3n) is 3.62. The molecule has 0 N–H and O–H groups in total. The van der Waals surface area contributed by atoms with Gasteiger partial charge in [-0.3, -0.25) is 4.79 Å². The van der Waals surface area contributed by atoms with Crippen LogP contribution in [0.5, 0.6) is 17.4 Å². The number of benzene rings is 1. The van der Waals surface area contributed by atoms with Crippen molar-refractivity contribution >= 4 is 5.91 Å². The molecule has 0 bridgehead atoms. The molecule has 0 atom stereocenters. The van der Waals surface area contributed by atoms with Gasteiger partial charge in [-0.2, -0.15) is 0 Å². The fraction of sp³-hybridized carbons (Fsp3) is 0.333. The van der Waals surface area contributed by atoms with Crippen LogP contribution in [0.2, 0.25) is 0 Å². The quantitative estimate of drug-likeness (QED) is 0.779. The zero-order chi connectivity index (χ0) is 16.8. The predicted octanol–water partition coefficient (Wildman–Crippen LogP) is 2.15. The molecule has 1 aromatic heterocycles. The van der Waals surface area contributed by atoms with Gasteiger partial charge in [0.25, 0.3) is 5.91 Å². The van der Waals surface area contributed by atoms with Gasteiger partial charge in [-0.1, -0.05) is 6.07 Å². The third-order valence-corrected chi connectivity index (χ3v) is 3.62. The summed E-state index contributed by atoms with van der Waals surface area (Å²) >= 11 is 0. The molecule has 1 saturated heterocycles. The largest absolute Gasteiger partial charge is 0.494 e. The average molecular weight is 328 g/mol. The van der Waals surface area contributed by atoms with Crippen molar-refractivity contribution in [2.75, 3.05) is 26.3 Å². The Balaban J connectivity index is 1.39. The summed E-state index contributed by atoms with van der Waals surface area (Å²) in [7, 11) is 0. The van der Waals surface area contributed by atoms with E-state index in [1.165, 1.54) is 0 Å². The van der Waals surface area contributed by atoms with Gasteiger partial charge in [0, 0.05) is 12.3 Å². The molecule has 2 aromatic rings. The lowest BCUT2D eigenvalue weighted by atomic mass is 10.1. The third kappa shape index (κ3) is 4.16. The molecule has 1 amide bonds. The summed E-state index contributed by atoms with van der Waals surface area (Å²) in [6, 6.07) is 12.7. The Morgan fingerprint density at radius 1 is 1.12 bits per heavy atom. The summed E-state index contributed by atoms with van der Waals surface area (Å²) in [6.45, 7) is 3.69. The van der Waals surface area contributed by atoms with Crippen LogP contribution in [-0.2, 0) is 4.79 Å². The van der Waals surface area contributed by atoms with Crippen molar-refractivity contribution in [3.05, 3.63) is 48.7 Å². The maximum atomic E-state index is 12.1. The normalized spacial score (nSPS) is 14.0. The van der Waals surface area contributed by atoms with Crippen molar-refractivity contribution in [3.63, 3.8) is 0 Å². The molecule has 6 nitrogen and oxygen atoms in total. The van der Waals surface area contributed by atoms with Crippen molar-refractivity contribution in [2.45, 2.75) is 13.0 Å². The molecule has 126 valence electrons. The van der Waals surface area contributed by atoms with Crippen molar-refractivity contribution in [2.24, 2.45) is 0 Å². The molecule has 24 heavy (non-hydrogen) atoms. The standard InChI is InChI=1S/C18H20N2O4/c1-2-22-14-6-8-15(9-7-14)23-13-18(21)20-11-16(12-20)24-17-5-3-4-10-19-17/h3-10,16H,2,11-13H2,1H3. The number of ether oxygens (including phenoxy) is 3. The smallest absolute Gasteiger partial charge is 0.260 e. The van der Waals surface area contributed by atoms with Gasteiger partial charge >= 0.3 is 0 Å². The van der Waals surface area contributed by atoms with Crippen LogP contribution >= 0.6 is 0 Å². The predicted molar refractivity (Wildman–Crippen MR) is 88.3 cm³/mol. The second-order valence-electron chi connectivity index (χ2n) is 5.40. The van der Waals surface area contributed by atoms with Crippen LogP contribution in [0.15, 0.2) is 48.7 Å². The van der Waals surface area contributed by atoms with E-state index in [2.05, 4.69) is 4.98 Å². The van der Waals surface area contributed by atoms with Crippen molar-refractivity contribution in [1.82, 2.24) is 9.88 Å². The minimum atomic E-state index is -0.0512. The second kappa shape index (κ2) is 7.68. The summed E-state index contributed by atoms with van der Waals surface area (Å²) in [6.07, 6.45) is 1.68. The first-order valence-corrected chi connectivity index (χ1v) is 7.95. The Kier molecular flexibility index (Phi) is 5.15. The number of likely N-dealkylation sites (tertiary alicyclic amines) is 1. The van der Waals surface area contributed by atoms with E-state index in [0.29, 0.717) is 31.3 Å². The lowest BCUT2D eigenvalue weighted by Gasteiger charge is -2.38. The van der Waals surface area contributed by atoms with Crippen molar-refractivity contribution in [3.8, 4) is 17.4 Å². The highest BCUT2D eigenvalue weighted by Gasteiger charge is 2.32. The maximum Gasteiger partial charge on any atom is 0.260 e. The Hall–Kier alpha value is -2.76. The van der Waals surface area contributed by atoms with Gasteiger partial charge in [-0.25, -0.2) is 4.98 Å². The van der Waals surface area contributed by atoms with E-state index in [0.717, 1.165) is 5.75 Å². The van der Waals surface area contributed by atoms with Crippen LogP contribution in [0, 0.1) is 0 Å². The second-order valence-corrected chi connectivity index (χ2v) is 5.40. The monoisotopic (exact) mass is 328 g/mol. The zero-order valence-electron chi connectivity index (χ0n) is 13.6. The maximum absolute atomic E-state index is 12.1. The van der Waals surface area contributed by atoms with E-state index >= 15 is 0 Å². The lowest BCUT2D eigenvalue weighted by molar-refractivity contribution is -0.142. The van der Waals surface area contributed by atoms with Crippen molar-refractivity contribution in [1.29, 1.82) is 0 Å². The van der Waals surface area contributed by atoms with E-state index in [4.69, 9.17) is 14.2 Å². The van der Waals surface area contributed by atoms with Crippen LogP contribution in [-0.4, -0.2) is 48.2 Å². The van der Waals surface area contributed by atoms with Gasteiger partial charge in [-0.15, -0.1) is 0 Å². The van der Waals surface area contributed by atoms with E-state index < -0.39 is 0 Å². The minimum Gasteiger partial charge on any atom is -0.494 e. The molecule has 1 fully saturated rings. The topological polar surface area (TPSA) is 60.9 Å². The first kappa shape index (κ1) is 16.1. The fourth-order valence-electron chi connectivity index (χ4n) is 2.34. The lowest BCUT2D eigenvalue weighted by Crippen LogP contribution is -2.57.